The summed E-state index contributed by atoms with van der Waals surface area (Å²) in [7, 11) is 0. The van der Waals surface area contributed by atoms with Gasteiger partial charge in [0.2, 0.25) is 0 Å². The van der Waals surface area contributed by atoms with E-state index in [-0.39, 0.29) is 12.4 Å². The Balaban J connectivity index is 0. The van der Waals surface area contributed by atoms with E-state index in [9.17, 15) is 0 Å². The molecule has 0 fully saturated rings. The van der Waals surface area contributed by atoms with Gasteiger partial charge in [0, 0.05) is 12.4 Å². The average Bonchev–Trinajstić information content (AvgIpc) is 1.69. The van der Waals surface area contributed by atoms with Crippen molar-refractivity contribution in [3.8, 4) is 0 Å². The van der Waals surface area contributed by atoms with Gasteiger partial charge in [0.15, 0.2) is 0 Å². The highest BCUT2D eigenvalue weighted by Gasteiger charge is 1.77. The van der Waals surface area contributed by atoms with Gasteiger partial charge in [-0.2, -0.15) is 0 Å². The van der Waals surface area contributed by atoms with E-state index in [0.29, 0.717) is 0 Å². The van der Waals surface area contributed by atoms with Gasteiger partial charge in [0.25, 0.3) is 0 Å². The smallest absolute Gasteiger partial charge is 0.0348 e. The van der Waals surface area contributed by atoms with Gasteiger partial charge < -0.3 is 5.32 Å². The molecule has 0 rings (SSSR count). The van der Waals surface area contributed by atoms with Crippen LogP contribution in [-0.4, -0.2) is 19.0 Å². The summed E-state index contributed by atoms with van der Waals surface area (Å²) in [5.74, 6) is 0.722. The van der Waals surface area contributed by atoms with Gasteiger partial charge in [-0.05, 0) is 13.0 Å². The van der Waals surface area contributed by atoms with Crippen LogP contribution in [0.3, 0.4) is 0 Å². The lowest BCUT2D eigenvalue weighted by molar-refractivity contribution is 0.706. The Morgan fingerprint density at radius 2 is 2.00 bits per heavy atom. The largest absolute Gasteiger partial charge is 0.316 e. The zero-order chi connectivity index (χ0) is 5.54. The van der Waals surface area contributed by atoms with Crippen molar-refractivity contribution < 1.29 is 0 Å². The van der Waals surface area contributed by atoms with Crippen molar-refractivity contribution in [2.45, 2.75) is 13.3 Å². The van der Waals surface area contributed by atoms with Crippen LogP contribution in [0.2, 0.25) is 0 Å². The summed E-state index contributed by atoms with van der Waals surface area (Å²) in [5, 5.41) is 3.15. The van der Waals surface area contributed by atoms with Crippen LogP contribution in [0.25, 0.3) is 0 Å². The quantitative estimate of drug-likeness (QED) is 0.484. The minimum atomic E-state index is 0. The second kappa shape index (κ2) is 10.5. The molecular formula is C5H13Cl2N. The summed E-state index contributed by atoms with van der Waals surface area (Å²) in [6.45, 7) is 4.17. The van der Waals surface area contributed by atoms with Gasteiger partial charge in [-0.25, -0.2) is 0 Å². The molecule has 0 radical (unpaired) electrons. The van der Waals surface area contributed by atoms with Crippen molar-refractivity contribution in [1.82, 2.24) is 5.32 Å². The van der Waals surface area contributed by atoms with Crippen LogP contribution in [-0.2, 0) is 0 Å². The molecule has 0 atom stereocenters. The van der Waals surface area contributed by atoms with E-state index in [2.05, 4.69) is 12.2 Å². The predicted octanol–water partition coefficient (Wildman–Crippen LogP) is 1.65. The van der Waals surface area contributed by atoms with Crippen molar-refractivity contribution in [2.75, 3.05) is 19.0 Å². The Bertz CT molecular complexity index is 29.6. The molecule has 0 heterocycles. The lowest BCUT2D eigenvalue weighted by Gasteiger charge is -1.94. The van der Waals surface area contributed by atoms with Gasteiger partial charge in [-0.3, -0.25) is 0 Å². The van der Waals surface area contributed by atoms with Crippen molar-refractivity contribution >= 4 is 24.0 Å². The van der Waals surface area contributed by atoms with E-state index in [1.165, 1.54) is 6.42 Å². The maximum atomic E-state index is 5.37. The molecule has 0 unspecified atom stereocenters. The summed E-state index contributed by atoms with van der Waals surface area (Å²) >= 11 is 5.37. The number of halogens is 2. The zero-order valence-corrected chi connectivity index (χ0v) is 6.69. The molecule has 0 spiro atoms. The Morgan fingerprint density at radius 3 is 2.38 bits per heavy atom. The number of rotatable bonds is 4. The molecule has 0 saturated heterocycles. The summed E-state index contributed by atoms with van der Waals surface area (Å²) in [5.41, 5.74) is 0. The van der Waals surface area contributed by atoms with E-state index in [1.54, 1.807) is 0 Å². The van der Waals surface area contributed by atoms with Gasteiger partial charge in [0.05, 0.1) is 0 Å². The highest BCUT2D eigenvalue weighted by atomic mass is 35.5. The molecule has 0 saturated carbocycles. The van der Waals surface area contributed by atoms with E-state index in [0.717, 1.165) is 19.0 Å². The van der Waals surface area contributed by atoms with Crippen LogP contribution in [0.5, 0.6) is 0 Å². The van der Waals surface area contributed by atoms with Crippen LogP contribution in [0.4, 0.5) is 0 Å². The summed E-state index contributed by atoms with van der Waals surface area (Å²) in [6, 6.07) is 0. The normalized spacial score (nSPS) is 8.25. The SMILES string of the molecule is CCCNCCCl.Cl. The molecule has 0 aliphatic carbocycles. The van der Waals surface area contributed by atoms with Crippen LogP contribution in [0.1, 0.15) is 13.3 Å². The first-order chi connectivity index (χ1) is 3.41. The number of hydrogen-bond acceptors (Lipinski definition) is 1. The molecule has 0 aromatic carbocycles. The molecule has 0 aliphatic heterocycles. The first-order valence-corrected chi connectivity index (χ1v) is 3.22. The third-order valence-electron chi connectivity index (χ3n) is 0.698. The van der Waals surface area contributed by atoms with Crippen molar-refractivity contribution in [1.29, 1.82) is 0 Å². The summed E-state index contributed by atoms with van der Waals surface area (Å²) in [6.07, 6.45) is 1.19. The van der Waals surface area contributed by atoms with Gasteiger partial charge in [-0.15, -0.1) is 24.0 Å². The second-order valence-corrected chi connectivity index (χ2v) is 1.82. The minimum Gasteiger partial charge on any atom is -0.316 e. The molecule has 3 heteroatoms. The molecule has 1 nitrogen and oxygen atoms in total. The molecule has 0 bridgehead atoms. The molecule has 0 aromatic heterocycles. The summed E-state index contributed by atoms with van der Waals surface area (Å²) < 4.78 is 0. The number of nitrogens with one attached hydrogen (secondary N) is 1. The van der Waals surface area contributed by atoms with Crippen molar-refractivity contribution in [2.24, 2.45) is 0 Å². The Labute approximate surface area is 62.2 Å². The van der Waals surface area contributed by atoms with Crippen molar-refractivity contribution in [3.63, 3.8) is 0 Å². The van der Waals surface area contributed by atoms with Gasteiger partial charge >= 0.3 is 0 Å². The molecule has 1 N–H and O–H groups in total. The molecule has 8 heavy (non-hydrogen) atoms. The highest BCUT2D eigenvalue weighted by molar-refractivity contribution is 6.18. The first-order valence-electron chi connectivity index (χ1n) is 2.68. The fourth-order valence-electron chi connectivity index (χ4n) is 0.369. The van der Waals surface area contributed by atoms with E-state index < -0.39 is 0 Å². The monoisotopic (exact) mass is 157 g/mol. The molecule has 52 valence electrons. The Kier molecular flexibility index (Phi) is 14.9. The Hall–Kier alpha value is 0.540. The van der Waals surface area contributed by atoms with Crippen molar-refractivity contribution in [3.05, 3.63) is 0 Å². The highest BCUT2D eigenvalue weighted by Crippen LogP contribution is 1.71. The molecule has 0 amide bonds. The first kappa shape index (κ1) is 11.4. The number of alkyl halides is 1. The van der Waals surface area contributed by atoms with Crippen LogP contribution < -0.4 is 5.32 Å². The predicted molar refractivity (Wildman–Crippen MR) is 41.1 cm³/mol. The van der Waals surface area contributed by atoms with E-state index in [1.807, 2.05) is 0 Å². The standard InChI is InChI=1S/C5H12ClN.ClH/c1-2-4-7-5-3-6;/h7H,2-5H2,1H3;1H. The van der Waals surface area contributed by atoms with Crippen LogP contribution >= 0.6 is 24.0 Å². The summed E-state index contributed by atoms with van der Waals surface area (Å²) in [4.78, 5) is 0. The molecular weight excluding hydrogens is 145 g/mol. The van der Waals surface area contributed by atoms with Crippen LogP contribution in [0, 0.1) is 0 Å². The van der Waals surface area contributed by atoms with Gasteiger partial charge in [-0.1, -0.05) is 6.92 Å². The van der Waals surface area contributed by atoms with E-state index >= 15 is 0 Å². The topological polar surface area (TPSA) is 12.0 Å². The van der Waals surface area contributed by atoms with Crippen LogP contribution in [0.15, 0.2) is 0 Å². The Morgan fingerprint density at radius 1 is 1.38 bits per heavy atom. The van der Waals surface area contributed by atoms with Gasteiger partial charge in [0.1, 0.15) is 0 Å². The molecule has 0 aliphatic rings. The molecule has 0 aromatic rings. The maximum absolute atomic E-state index is 5.37. The minimum absolute atomic E-state index is 0. The third kappa shape index (κ3) is 9.74. The van der Waals surface area contributed by atoms with E-state index in [4.69, 9.17) is 11.6 Å². The average molecular weight is 158 g/mol. The lowest BCUT2D eigenvalue weighted by atomic mass is 10.5. The number of hydrogen-bond donors (Lipinski definition) is 1. The maximum Gasteiger partial charge on any atom is 0.0348 e. The fraction of sp³-hybridized carbons (Fsp3) is 1.00. The second-order valence-electron chi connectivity index (χ2n) is 1.44. The zero-order valence-electron chi connectivity index (χ0n) is 5.11. The lowest BCUT2D eigenvalue weighted by Crippen LogP contribution is -2.16. The third-order valence-corrected chi connectivity index (χ3v) is 0.887. The fourth-order valence-corrected chi connectivity index (χ4v) is 0.502.